The molecule has 0 aliphatic carbocycles. The van der Waals surface area contributed by atoms with Gasteiger partial charge in [0, 0.05) is 50.6 Å². The second-order valence-electron chi connectivity index (χ2n) is 6.26. The molecule has 0 fully saturated rings. The summed E-state index contributed by atoms with van der Waals surface area (Å²) in [6, 6.07) is 3.68. The smallest absolute Gasteiger partial charge is 0.317 e. The lowest BCUT2D eigenvalue weighted by Crippen LogP contribution is -2.44. The van der Waals surface area contributed by atoms with Gasteiger partial charge in [0.15, 0.2) is 5.69 Å². The molecule has 26 heavy (non-hydrogen) atoms. The Morgan fingerprint density at radius 1 is 1.35 bits per heavy atom. The molecule has 2 aromatic rings. The average Bonchev–Trinajstić information content (AvgIpc) is 2.96. The van der Waals surface area contributed by atoms with Crippen LogP contribution < -0.4 is 16.4 Å². The number of fused-ring (bicyclic) bond motifs is 1. The van der Waals surface area contributed by atoms with Crippen LogP contribution in [0.3, 0.4) is 0 Å². The number of nitrogens with one attached hydrogen (secondary N) is 2. The molecule has 0 atom stereocenters. The van der Waals surface area contributed by atoms with Crippen LogP contribution in [0.1, 0.15) is 27.3 Å². The highest BCUT2D eigenvalue weighted by atomic mass is 16.2. The molecule has 0 unspecified atom stereocenters. The van der Waals surface area contributed by atoms with Crippen LogP contribution in [0.25, 0.3) is 0 Å². The summed E-state index contributed by atoms with van der Waals surface area (Å²) in [4.78, 5) is 29.9. The maximum atomic E-state index is 12.4. The SMILES string of the molecule is Cc1cccnc1NCCNC(=O)N1CCc2c(c(C(N)=O)nn2C)C1. The van der Waals surface area contributed by atoms with Gasteiger partial charge in [-0.1, -0.05) is 6.07 Å². The number of hydrogen-bond acceptors (Lipinski definition) is 5. The number of nitrogens with two attached hydrogens (primary N) is 1. The molecule has 3 rings (SSSR count). The predicted molar refractivity (Wildman–Crippen MR) is 96.7 cm³/mol. The standard InChI is InChI=1S/C17H23N7O2/c1-11-4-3-6-19-16(11)20-7-8-21-17(26)24-9-5-13-12(10-24)14(15(18)25)22-23(13)2/h3-4,6H,5,7-10H2,1-2H3,(H2,18,25)(H,19,20)(H,21,26). The Bertz CT molecular complexity index is 831. The van der Waals surface area contributed by atoms with Crippen molar-refractivity contribution < 1.29 is 9.59 Å². The highest BCUT2D eigenvalue weighted by Crippen LogP contribution is 2.21. The van der Waals surface area contributed by atoms with E-state index in [0.717, 1.165) is 22.6 Å². The first-order chi connectivity index (χ1) is 12.5. The summed E-state index contributed by atoms with van der Waals surface area (Å²) in [5.41, 5.74) is 8.38. The summed E-state index contributed by atoms with van der Waals surface area (Å²) in [5, 5.41) is 10.2. The van der Waals surface area contributed by atoms with Gasteiger partial charge in [0.2, 0.25) is 0 Å². The monoisotopic (exact) mass is 357 g/mol. The number of rotatable bonds is 5. The van der Waals surface area contributed by atoms with Crippen LogP contribution in [0.2, 0.25) is 0 Å². The van der Waals surface area contributed by atoms with Gasteiger partial charge in [0.1, 0.15) is 5.82 Å². The number of aromatic nitrogens is 3. The maximum absolute atomic E-state index is 12.4. The quantitative estimate of drug-likeness (QED) is 0.670. The van der Waals surface area contributed by atoms with Gasteiger partial charge in [-0.2, -0.15) is 5.10 Å². The molecule has 1 aliphatic heterocycles. The molecule has 9 nitrogen and oxygen atoms in total. The van der Waals surface area contributed by atoms with E-state index < -0.39 is 5.91 Å². The Morgan fingerprint density at radius 2 is 2.15 bits per heavy atom. The minimum absolute atomic E-state index is 0.172. The van der Waals surface area contributed by atoms with Crippen molar-refractivity contribution in [2.45, 2.75) is 19.9 Å². The zero-order chi connectivity index (χ0) is 18.7. The third kappa shape index (κ3) is 3.61. The largest absolute Gasteiger partial charge is 0.368 e. The molecule has 3 heterocycles. The molecule has 9 heteroatoms. The number of anilines is 1. The first-order valence-corrected chi connectivity index (χ1v) is 8.50. The first-order valence-electron chi connectivity index (χ1n) is 8.50. The van der Waals surface area contributed by atoms with E-state index in [1.165, 1.54) is 0 Å². The van der Waals surface area contributed by atoms with E-state index in [0.29, 0.717) is 32.6 Å². The Balaban J connectivity index is 1.53. The summed E-state index contributed by atoms with van der Waals surface area (Å²) in [6.07, 6.45) is 2.37. The topological polar surface area (TPSA) is 118 Å². The van der Waals surface area contributed by atoms with Crippen LogP contribution in [0.5, 0.6) is 0 Å². The number of carbonyl (C=O) groups excluding carboxylic acids is 2. The third-order valence-corrected chi connectivity index (χ3v) is 4.47. The molecule has 2 aromatic heterocycles. The van der Waals surface area contributed by atoms with Crippen LogP contribution in [0.15, 0.2) is 18.3 Å². The molecule has 0 saturated carbocycles. The van der Waals surface area contributed by atoms with E-state index in [9.17, 15) is 9.59 Å². The molecule has 0 spiro atoms. The second-order valence-corrected chi connectivity index (χ2v) is 6.26. The van der Waals surface area contributed by atoms with E-state index in [-0.39, 0.29) is 11.7 Å². The van der Waals surface area contributed by atoms with Gasteiger partial charge in [-0.15, -0.1) is 0 Å². The highest BCUT2D eigenvalue weighted by molar-refractivity contribution is 5.92. The van der Waals surface area contributed by atoms with Crippen LogP contribution in [0.4, 0.5) is 10.6 Å². The number of amides is 3. The molecule has 138 valence electrons. The van der Waals surface area contributed by atoms with Crippen molar-refractivity contribution in [1.29, 1.82) is 0 Å². The number of nitrogens with zero attached hydrogens (tertiary/aromatic N) is 4. The lowest BCUT2D eigenvalue weighted by atomic mass is 10.1. The fraction of sp³-hybridized carbons (Fsp3) is 0.412. The summed E-state index contributed by atoms with van der Waals surface area (Å²) in [7, 11) is 1.78. The minimum Gasteiger partial charge on any atom is -0.368 e. The summed E-state index contributed by atoms with van der Waals surface area (Å²) in [6.45, 7) is 3.92. The van der Waals surface area contributed by atoms with Gasteiger partial charge in [-0.3, -0.25) is 9.48 Å². The molecule has 1 aliphatic rings. The zero-order valence-electron chi connectivity index (χ0n) is 15.0. The molecule has 0 aromatic carbocycles. The summed E-state index contributed by atoms with van der Waals surface area (Å²) in [5.74, 6) is 0.241. The number of hydrogen-bond donors (Lipinski definition) is 3. The van der Waals surface area contributed by atoms with E-state index in [4.69, 9.17) is 5.73 Å². The van der Waals surface area contributed by atoms with Gasteiger partial charge in [0.05, 0.1) is 6.54 Å². The van der Waals surface area contributed by atoms with Gasteiger partial charge < -0.3 is 21.3 Å². The number of pyridine rings is 1. The van der Waals surface area contributed by atoms with E-state index in [1.54, 1.807) is 22.8 Å². The van der Waals surface area contributed by atoms with Gasteiger partial charge >= 0.3 is 6.03 Å². The fourth-order valence-corrected chi connectivity index (χ4v) is 3.10. The minimum atomic E-state index is -0.570. The highest BCUT2D eigenvalue weighted by Gasteiger charge is 2.28. The number of carbonyl (C=O) groups is 2. The third-order valence-electron chi connectivity index (χ3n) is 4.47. The van der Waals surface area contributed by atoms with Crippen molar-refractivity contribution in [2.24, 2.45) is 12.8 Å². The van der Waals surface area contributed by atoms with Gasteiger partial charge in [-0.25, -0.2) is 9.78 Å². The molecule has 4 N–H and O–H groups in total. The second kappa shape index (κ2) is 7.42. The normalized spacial score (nSPS) is 13.2. The van der Waals surface area contributed by atoms with Crippen molar-refractivity contribution >= 4 is 17.8 Å². The Labute approximate surface area is 151 Å². The van der Waals surface area contributed by atoms with Crippen molar-refractivity contribution in [3.05, 3.63) is 40.8 Å². The maximum Gasteiger partial charge on any atom is 0.317 e. The van der Waals surface area contributed by atoms with Gasteiger partial charge in [-0.05, 0) is 18.6 Å². The zero-order valence-corrected chi connectivity index (χ0v) is 15.0. The Hall–Kier alpha value is -3.10. The molecule has 0 radical (unpaired) electrons. The summed E-state index contributed by atoms with van der Waals surface area (Å²) >= 11 is 0. The molecular formula is C17H23N7O2. The van der Waals surface area contributed by atoms with Crippen molar-refractivity contribution in [3.8, 4) is 0 Å². The predicted octanol–water partition coefficient (Wildman–Crippen LogP) is 0.402. The van der Waals surface area contributed by atoms with Crippen molar-refractivity contribution in [1.82, 2.24) is 25.0 Å². The number of primary amides is 1. The lowest BCUT2D eigenvalue weighted by Gasteiger charge is -2.27. The van der Waals surface area contributed by atoms with E-state index in [1.807, 2.05) is 19.1 Å². The van der Waals surface area contributed by atoms with Gasteiger partial charge in [0.25, 0.3) is 5.91 Å². The fourth-order valence-electron chi connectivity index (χ4n) is 3.10. The van der Waals surface area contributed by atoms with Crippen LogP contribution in [-0.4, -0.2) is 51.2 Å². The van der Waals surface area contributed by atoms with E-state index in [2.05, 4.69) is 20.7 Å². The lowest BCUT2D eigenvalue weighted by molar-refractivity contribution is 0.0992. The number of aryl methyl sites for hydroxylation is 2. The van der Waals surface area contributed by atoms with Crippen LogP contribution in [0, 0.1) is 6.92 Å². The van der Waals surface area contributed by atoms with E-state index >= 15 is 0 Å². The summed E-state index contributed by atoms with van der Waals surface area (Å²) < 4.78 is 1.67. The van der Waals surface area contributed by atoms with Crippen molar-refractivity contribution in [2.75, 3.05) is 25.0 Å². The Morgan fingerprint density at radius 3 is 2.88 bits per heavy atom. The molecule has 3 amide bonds. The molecule has 0 bridgehead atoms. The van der Waals surface area contributed by atoms with Crippen LogP contribution in [-0.2, 0) is 20.0 Å². The average molecular weight is 357 g/mol. The van der Waals surface area contributed by atoms with Crippen molar-refractivity contribution in [3.63, 3.8) is 0 Å². The number of urea groups is 1. The molecule has 0 saturated heterocycles. The molecular weight excluding hydrogens is 334 g/mol. The first kappa shape index (κ1) is 17.7. The Kier molecular flexibility index (Phi) is 5.06. The van der Waals surface area contributed by atoms with Crippen LogP contribution >= 0.6 is 0 Å².